The van der Waals surface area contributed by atoms with Crippen LogP contribution in [0.1, 0.15) is 35.6 Å². The Hall–Kier alpha value is -3.13. The molecule has 0 aliphatic rings. The smallest absolute Gasteiger partial charge is 0.253 e. The van der Waals surface area contributed by atoms with Crippen LogP contribution in [-0.2, 0) is 0 Å². The number of hydrogen-bond donors (Lipinski definition) is 2. The van der Waals surface area contributed by atoms with E-state index in [-0.39, 0.29) is 0 Å². The predicted octanol–water partition coefficient (Wildman–Crippen LogP) is 1.80. The van der Waals surface area contributed by atoms with E-state index in [0.29, 0.717) is 17.1 Å². The summed E-state index contributed by atoms with van der Waals surface area (Å²) >= 11 is 0. The van der Waals surface area contributed by atoms with Gasteiger partial charge < -0.3 is 10.4 Å². The van der Waals surface area contributed by atoms with Gasteiger partial charge in [0, 0.05) is 17.3 Å². The number of benzene rings is 1. The molecule has 0 fully saturated rings. The van der Waals surface area contributed by atoms with Crippen molar-refractivity contribution in [1.29, 1.82) is 0 Å². The van der Waals surface area contributed by atoms with E-state index in [9.17, 15) is 9.90 Å². The van der Waals surface area contributed by atoms with Crippen molar-refractivity contribution >= 4 is 5.91 Å². The number of aromatic nitrogens is 5. The Labute approximate surface area is 150 Å². The molecule has 3 rings (SSSR count). The maximum atomic E-state index is 12.6. The molecule has 1 aromatic carbocycles. The highest BCUT2D eigenvalue weighted by Crippen LogP contribution is 2.23. The van der Waals surface area contributed by atoms with Crippen LogP contribution < -0.4 is 5.32 Å². The first-order valence-electron chi connectivity index (χ1n) is 8.11. The molecule has 0 unspecified atom stereocenters. The lowest BCUT2D eigenvalue weighted by atomic mass is 10.0. The first-order chi connectivity index (χ1) is 12.2. The van der Waals surface area contributed by atoms with E-state index in [1.807, 2.05) is 25.1 Å². The topological polar surface area (TPSA) is 106 Å². The average molecular weight is 352 g/mol. The summed E-state index contributed by atoms with van der Waals surface area (Å²) in [5.41, 5.74) is 2.19. The third-order valence-electron chi connectivity index (χ3n) is 3.68. The molecule has 134 valence electrons. The van der Waals surface area contributed by atoms with E-state index in [1.54, 1.807) is 29.9 Å². The number of pyridine rings is 1. The molecule has 0 aliphatic carbocycles. The summed E-state index contributed by atoms with van der Waals surface area (Å²) in [6.07, 6.45) is 1.76. The van der Waals surface area contributed by atoms with Crippen LogP contribution in [0.25, 0.3) is 16.9 Å². The number of hydrogen-bond acceptors (Lipinski definition) is 6. The number of rotatable bonds is 4. The molecule has 26 heavy (non-hydrogen) atoms. The molecule has 0 bridgehead atoms. The molecule has 0 saturated heterocycles. The number of amides is 1. The van der Waals surface area contributed by atoms with Crippen LogP contribution in [0.15, 0.2) is 36.5 Å². The number of carbonyl (C=O) groups is 1. The van der Waals surface area contributed by atoms with Gasteiger partial charge in [0.1, 0.15) is 5.72 Å². The minimum absolute atomic E-state index is 0.372. The zero-order valence-corrected chi connectivity index (χ0v) is 15.1. The van der Waals surface area contributed by atoms with Crippen molar-refractivity contribution in [2.24, 2.45) is 0 Å². The second kappa shape index (κ2) is 6.64. The molecule has 0 saturated carbocycles. The largest absolute Gasteiger partial charge is 0.372 e. The van der Waals surface area contributed by atoms with Gasteiger partial charge in [0.15, 0.2) is 5.82 Å². The van der Waals surface area contributed by atoms with Crippen molar-refractivity contribution in [3.05, 3.63) is 53.5 Å². The van der Waals surface area contributed by atoms with Crippen LogP contribution in [0.5, 0.6) is 0 Å². The maximum absolute atomic E-state index is 12.6. The van der Waals surface area contributed by atoms with E-state index in [4.69, 9.17) is 0 Å². The van der Waals surface area contributed by atoms with Gasteiger partial charge in [0.25, 0.3) is 5.91 Å². The van der Waals surface area contributed by atoms with Gasteiger partial charge in [-0.25, -0.2) is 0 Å². The lowest BCUT2D eigenvalue weighted by Crippen LogP contribution is -2.43. The molecular weight excluding hydrogens is 332 g/mol. The van der Waals surface area contributed by atoms with E-state index >= 15 is 0 Å². The Morgan fingerprint density at radius 3 is 2.54 bits per heavy atom. The normalized spacial score (nSPS) is 11.4. The van der Waals surface area contributed by atoms with Gasteiger partial charge >= 0.3 is 0 Å². The Kier molecular flexibility index (Phi) is 4.52. The minimum atomic E-state index is -1.33. The fourth-order valence-electron chi connectivity index (χ4n) is 2.47. The van der Waals surface area contributed by atoms with E-state index in [1.165, 1.54) is 13.8 Å². The quantitative estimate of drug-likeness (QED) is 0.694. The summed E-state index contributed by atoms with van der Waals surface area (Å²) in [4.78, 5) is 17.0. The second-order valence-corrected chi connectivity index (χ2v) is 6.64. The van der Waals surface area contributed by atoms with Crippen LogP contribution in [0.4, 0.5) is 0 Å². The molecule has 3 aromatic rings. The molecular formula is C18H20N6O2. The lowest BCUT2D eigenvalue weighted by Gasteiger charge is -2.19. The van der Waals surface area contributed by atoms with Crippen LogP contribution in [-0.4, -0.2) is 41.9 Å². The van der Waals surface area contributed by atoms with Gasteiger partial charge in [0.2, 0.25) is 0 Å². The van der Waals surface area contributed by atoms with Crippen LogP contribution >= 0.6 is 0 Å². The van der Waals surface area contributed by atoms with Gasteiger partial charge in [-0.15, -0.1) is 5.10 Å². The van der Waals surface area contributed by atoms with Crippen LogP contribution in [0.2, 0.25) is 0 Å². The molecule has 2 N–H and O–H groups in total. The minimum Gasteiger partial charge on any atom is -0.372 e. The summed E-state index contributed by atoms with van der Waals surface area (Å²) in [6.45, 7) is 6.73. The number of aliphatic hydroxyl groups is 1. The Morgan fingerprint density at radius 1 is 1.19 bits per heavy atom. The van der Waals surface area contributed by atoms with Gasteiger partial charge in [0.05, 0.1) is 11.4 Å². The molecule has 1 amide bonds. The molecule has 0 atom stereocenters. The summed E-state index contributed by atoms with van der Waals surface area (Å²) < 4.78 is 1.54. The third-order valence-corrected chi connectivity index (χ3v) is 3.68. The lowest BCUT2D eigenvalue weighted by molar-refractivity contribution is 0.0376. The highest BCUT2D eigenvalue weighted by atomic mass is 16.3. The Balaban J connectivity index is 2.12. The highest BCUT2D eigenvalue weighted by Gasteiger charge is 2.19. The van der Waals surface area contributed by atoms with E-state index < -0.39 is 11.6 Å². The highest BCUT2D eigenvalue weighted by molar-refractivity contribution is 5.96. The predicted molar refractivity (Wildman–Crippen MR) is 95.6 cm³/mol. The second-order valence-electron chi connectivity index (χ2n) is 6.64. The SMILES string of the molecule is Cc1ccc(-c2cc(C(=O)NC(C)(C)O)cc(-n3nnnc3C)c2)nc1. The van der Waals surface area contributed by atoms with Gasteiger partial charge in [-0.2, -0.15) is 4.68 Å². The zero-order valence-electron chi connectivity index (χ0n) is 15.1. The Bertz CT molecular complexity index is 941. The first kappa shape index (κ1) is 17.7. The molecule has 8 nitrogen and oxygen atoms in total. The zero-order chi connectivity index (χ0) is 18.9. The van der Waals surface area contributed by atoms with E-state index in [2.05, 4.69) is 25.8 Å². The van der Waals surface area contributed by atoms with Crippen LogP contribution in [0.3, 0.4) is 0 Å². The van der Waals surface area contributed by atoms with Gasteiger partial charge in [-0.05, 0) is 68.0 Å². The summed E-state index contributed by atoms with van der Waals surface area (Å²) in [7, 11) is 0. The fourth-order valence-corrected chi connectivity index (χ4v) is 2.47. The van der Waals surface area contributed by atoms with Gasteiger partial charge in [-0.3, -0.25) is 9.78 Å². The monoisotopic (exact) mass is 352 g/mol. The van der Waals surface area contributed by atoms with Crippen molar-refractivity contribution in [3.8, 4) is 16.9 Å². The molecule has 2 aromatic heterocycles. The summed E-state index contributed by atoms with van der Waals surface area (Å²) in [5, 5.41) is 23.9. The van der Waals surface area contributed by atoms with Crippen molar-refractivity contribution in [2.45, 2.75) is 33.4 Å². The molecule has 0 aliphatic heterocycles. The molecule has 0 spiro atoms. The number of tetrazole rings is 1. The summed E-state index contributed by atoms with van der Waals surface area (Å²) in [6, 6.07) is 9.10. The van der Waals surface area contributed by atoms with Gasteiger partial charge in [-0.1, -0.05) is 6.07 Å². The molecule has 0 radical (unpaired) electrons. The third kappa shape index (κ3) is 3.92. The number of aryl methyl sites for hydroxylation is 2. The number of carbonyl (C=O) groups excluding carboxylic acids is 1. The number of nitrogens with one attached hydrogen (secondary N) is 1. The van der Waals surface area contributed by atoms with Crippen molar-refractivity contribution in [2.75, 3.05) is 0 Å². The Morgan fingerprint density at radius 2 is 1.96 bits per heavy atom. The molecule has 8 heteroatoms. The number of nitrogens with zero attached hydrogens (tertiary/aromatic N) is 5. The first-order valence-corrected chi connectivity index (χ1v) is 8.11. The fraction of sp³-hybridized carbons (Fsp3) is 0.278. The van der Waals surface area contributed by atoms with Crippen molar-refractivity contribution < 1.29 is 9.90 Å². The van der Waals surface area contributed by atoms with E-state index in [0.717, 1.165) is 16.8 Å². The summed E-state index contributed by atoms with van der Waals surface area (Å²) in [5.74, 6) is 0.186. The van der Waals surface area contributed by atoms with Crippen LogP contribution in [0, 0.1) is 13.8 Å². The average Bonchev–Trinajstić information content (AvgIpc) is 2.99. The van der Waals surface area contributed by atoms with Crippen molar-refractivity contribution in [3.63, 3.8) is 0 Å². The van der Waals surface area contributed by atoms with Crippen molar-refractivity contribution in [1.82, 2.24) is 30.5 Å². The molecule has 2 heterocycles. The maximum Gasteiger partial charge on any atom is 0.253 e. The standard InChI is InChI=1S/C18H20N6O2/c1-11-5-6-16(19-10-11)13-7-14(17(25)20-18(3,4)26)9-15(8-13)24-12(2)21-22-23-24/h5-10,26H,1-4H3,(H,20,25).